The van der Waals surface area contributed by atoms with E-state index in [4.69, 9.17) is 0 Å². The molecule has 2 rings (SSSR count). The van der Waals surface area contributed by atoms with E-state index >= 15 is 0 Å². The van der Waals surface area contributed by atoms with Crippen molar-refractivity contribution in [2.24, 2.45) is 0 Å². The fourth-order valence-corrected chi connectivity index (χ4v) is 1.51. The highest BCUT2D eigenvalue weighted by molar-refractivity contribution is 5.47. The Labute approximate surface area is 111 Å². The molecule has 6 nitrogen and oxygen atoms in total. The summed E-state index contributed by atoms with van der Waals surface area (Å²) in [5.74, 6) is 0.459. The number of hydrogen-bond acceptors (Lipinski definition) is 5. The normalized spacial score (nSPS) is 11.5. The van der Waals surface area contributed by atoms with Crippen LogP contribution in [0, 0.1) is 0 Å². The molecule has 0 aliphatic heterocycles. The molecular weight excluding hydrogens is 242 g/mol. The predicted molar refractivity (Wildman–Crippen MR) is 72.5 cm³/mol. The van der Waals surface area contributed by atoms with Crippen LogP contribution in [0.1, 0.15) is 26.5 Å². The molecule has 100 valence electrons. The largest absolute Gasteiger partial charge is 0.306 e. The van der Waals surface area contributed by atoms with E-state index < -0.39 is 0 Å². The van der Waals surface area contributed by atoms with E-state index in [1.807, 2.05) is 0 Å². The summed E-state index contributed by atoms with van der Waals surface area (Å²) >= 11 is 0. The van der Waals surface area contributed by atoms with Crippen molar-refractivity contribution in [2.75, 3.05) is 0 Å². The molecule has 0 amide bonds. The maximum absolute atomic E-state index is 11.6. The van der Waals surface area contributed by atoms with Crippen LogP contribution >= 0.6 is 0 Å². The monoisotopic (exact) mass is 259 g/mol. The lowest BCUT2D eigenvalue weighted by Gasteiger charge is -2.20. The Morgan fingerprint density at radius 2 is 2.16 bits per heavy atom. The van der Waals surface area contributed by atoms with Crippen LogP contribution < -0.4 is 10.9 Å². The fourth-order valence-electron chi connectivity index (χ4n) is 1.51. The minimum absolute atomic E-state index is 0.0284. The molecule has 0 saturated heterocycles. The number of aromatic nitrogens is 4. The summed E-state index contributed by atoms with van der Waals surface area (Å²) in [5, 5.41) is 3.30. The number of nitrogens with zero attached hydrogens (tertiary/aromatic N) is 3. The number of hydrogen-bond donors (Lipinski definition) is 2. The summed E-state index contributed by atoms with van der Waals surface area (Å²) in [5.41, 5.74) is 1.07. The van der Waals surface area contributed by atoms with Crippen LogP contribution in [0.25, 0.3) is 11.5 Å². The van der Waals surface area contributed by atoms with Crippen molar-refractivity contribution >= 4 is 0 Å². The molecule has 2 aromatic rings. The van der Waals surface area contributed by atoms with Gasteiger partial charge in [0, 0.05) is 24.3 Å². The Morgan fingerprint density at radius 3 is 2.79 bits per heavy atom. The van der Waals surface area contributed by atoms with E-state index in [0.717, 1.165) is 0 Å². The molecule has 0 spiro atoms. The highest BCUT2D eigenvalue weighted by Crippen LogP contribution is 2.09. The highest BCUT2D eigenvalue weighted by Gasteiger charge is 2.10. The van der Waals surface area contributed by atoms with Gasteiger partial charge >= 0.3 is 0 Å². The van der Waals surface area contributed by atoms with Crippen molar-refractivity contribution in [3.8, 4) is 11.5 Å². The van der Waals surface area contributed by atoms with Crippen molar-refractivity contribution in [3.63, 3.8) is 0 Å². The van der Waals surface area contributed by atoms with Crippen LogP contribution in [0.2, 0.25) is 0 Å². The first-order valence-electron chi connectivity index (χ1n) is 6.06. The van der Waals surface area contributed by atoms with Crippen LogP contribution in [-0.4, -0.2) is 25.5 Å². The van der Waals surface area contributed by atoms with E-state index in [1.54, 1.807) is 12.3 Å². The van der Waals surface area contributed by atoms with Gasteiger partial charge in [-0.3, -0.25) is 4.79 Å². The number of aromatic amines is 1. The second kappa shape index (κ2) is 5.27. The molecule has 0 atom stereocenters. The summed E-state index contributed by atoms with van der Waals surface area (Å²) in [6.45, 7) is 6.72. The molecule has 0 aliphatic carbocycles. The van der Waals surface area contributed by atoms with Crippen LogP contribution in [0.15, 0.2) is 29.5 Å². The van der Waals surface area contributed by atoms with Crippen molar-refractivity contribution < 1.29 is 0 Å². The van der Waals surface area contributed by atoms with Crippen molar-refractivity contribution in [1.29, 1.82) is 0 Å². The molecule has 0 fully saturated rings. The maximum Gasteiger partial charge on any atom is 0.251 e. The topological polar surface area (TPSA) is 83.6 Å². The lowest BCUT2D eigenvalue weighted by Crippen LogP contribution is -2.35. The molecule has 0 aromatic carbocycles. The summed E-state index contributed by atoms with van der Waals surface area (Å²) in [6.07, 6.45) is 3.04. The van der Waals surface area contributed by atoms with Gasteiger partial charge < -0.3 is 10.3 Å². The van der Waals surface area contributed by atoms with Crippen molar-refractivity contribution in [3.05, 3.63) is 40.7 Å². The number of rotatable bonds is 3. The third kappa shape index (κ3) is 3.96. The lowest BCUT2D eigenvalue weighted by molar-refractivity contribution is 0.421. The van der Waals surface area contributed by atoms with E-state index in [2.05, 4.69) is 46.0 Å². The van der Waals surface area contributed by atoms with Gasteiger partial charge in [-0.2, -0.15) is 0 Å². The molecule has 2 heterocycles. The Bertz CT molecular complexity index is 600. The van der Waals surface area contributed by atoms with E-state index in [9.17, 15) is 4.79 Å². The van der Waals surface area contributed by atoms with Crippen LogP contribution in [-0.2, 0) is 6.54 Å². The standard InChI is InChI=1S/C13H17N5O/c1-13(2,3)16-7-9-6-11(19)18-12(17-9)10-4-5-14-8-15-10/h4-6,8,16H,7H2,1-3H3,(H,17,18,19). The van der Waals surface area contributed by atoms with E-state index in [0.29, 0.717) is 23.8 Å². The third-order valence-corrected chi connectivity index (χ3v) is 2.42. The van der Waals surface area contributed by atoms with Gasteiger partial charge in [0.05, 0.1) is 5.69 Å². The molecule has 19 heavy (non-hydrogen) atoms. The Kier molecular flexibility index (Phi) is 3.71. The minimum Gasteiger partial charge on any atom is -0.306 e. The average Bonchev–Trinajstić information content (AvgIpc) is 2.36. The highest BCUT2D eigenvalue weighted by atomic mass is 16.1. The molecule has 0 bridgehead atoms. The van der Waals surface area contributed by atoms with Gasteiger partial charge in [-0.25, -0.2) is 15.0 Å². The maximum atomic E-state index is 11.6. The lowest BCUT2D eigenvalue weighted by atomic mass is 10.1. The van der Waals surface area contributed by atoms with E-state index in [1.165, 1.54) is 12.4 Å². The first-order chi connectivity index (χ1) is 8.94. The zero-order chi connectivity index (χ0) is 13.9. The van der Waals surface area contributed by atoms with Gasteiger partial charge in [-0.05, 0) is 26.8 Å². The molecule has 0 radical (unpaired) electrons. The van der Waals surface area contributed by atoms with Gasteiger partial charge in [0.25, 0.3) is 5.56 Å². The van der Waals surface area contributed by atoms with Crippen LogP contribution in [0.5, 0.6) is 0 Å². The molecule has 2 aromatic heterocycles. The van der Waals surface area contributed by atoms with Gasteiger partial charge in [0.1, 0.15) is 12.0 Å². The quantitative estimate of drug-likeness (QED) is 0.862. The van der Waals surface area contributed by atoms with Gasteiger partial charge in [0.2, 0.25) is 0 Å². The first kappa shape index (κ1) is 13.4. The van der Waals surface area contributed by atoms with Gasteiger partial charge in [-0.1, -0.05) is 0 Å². The first-order valence-corrected chi connectivity index (χ1v) is 6.06. The molecule has 0 aliphatic rings. The number of H-pyrrole nitrogens is 1. The zero-order valence-corrected chi connectivity index (χ0v) is 11.3. The summed E-state index contributed by atoms with van der Waals surface area (Å²) in [4.78, 5) is 26.6. The molecular formula is C13H17N5O. The van der Waals surface area contributed by atoms with Crippen LogP contribution in [0.3, 0.4) is 0 Å². The average molecular weight is 259 g/mol. The Morgan fingerprint density at radius 1 is 1.37 bits per heavy atom. The van der Waals surface area contributed by atoms with Crippen LogP contribution in [0.4, 0.5) is 0 Å². The number of nitrogens with one attached hydrogen (secondary N) is 2. The Hall–Kier alpha value is -2.08. The predicted octanol–water partition coefficient (Wildman–Crippen LogP) is 1.11. The minimum atomic E-state index is -0.186. The van der Waals surface area contributed by atoms with Crippen molar-refractivity contribution in [2.45, 2.75) is 32.9 Å². The summed E-state index contributed by atoms with van der Waals surface area (Å²) in [7, 11) is 0. The second-order valence-electron chi connectivity index (χ2n) is 5.28. The summed E-state index contributed by atoms with van der Waals surface area (Å²) < 4.78 is 0. The molecule has 6 heteroatoms. The SMILES string of the molecule is CC(C)(C)NCc1cc(=O)[nH]c(-c2ccncn2)n1. The second-order valence-corrected chi connectivity index (χ2v) is 5.28. The third-order valence-electron chi connectivity index (χ3n) is 2.42. The van der Waals surface area contributed by atoms with Gasteiger partial charge in [0.15, 0.2) is 5.82 Å². The Balaban J connectivity index is 2.28. The fraction of sp³-hybridized carbons (Fsp3) is 0.385. The molecule has 0 saturated carbocycles. The smallest absolute Gasteiger partial charge is 0.251 e. The molecule has 2 N–H and O–H groups in total. The summed E-state index contributed by atoms with van der Waals surface area (Å²) in [6, 6.07) is 3.20. The van der Waals surface area contributed by atoms with E-state index in [-0.39, 0.29) is 11.1 Å². The van der Waals surface area contributed by atoms with Crippen molar-refractivity contribution in [1.82, 2.24) is 25.3 Å². The van der Waals surface area contributed by atoms with Gasteiger partial charge in [-0.15, -0.1) is 0 Å². The molecule has 0 unspecified atom stereocenters. The zero-order valence-electron chi connectivity index (χ0n) is 11.3.